The molecular formula is C53H101N2O6P. The third-order valence-electron chi connectivity index (χ3n) is 11.6. The summed E-state index contributed by atoms with van der Waals surface area (Å²) >= 11 is 0. The van der Waals surface area contributed by atoms with Crippen molar-refractivity contribution in [2.24, 2.45) is 0 Å². The van der Waals surface area contributed by atoms with Crippen LogP contribution in [0.1, 0.15) is 232 Å². The minimum Gasteiger partial charge on any atom is -0.756 e. The summed E-state index contributed by atoms with van der Waals surface area (Å²) in [7, 11) is 1.23. The van der Waals surface area contributed by atoms with Gasteiger partial charge in [-0.3, -0.25) is 9.36 Å². The van der Waals surface area contributed by atoms with Gasteiger partial charge in [0.1, 0.15) is 13.2 Å². The molecule has 3 unspecified atom stereocenters. The molecule has 0 heterocycles. The first kappa shape index (κ1) is 60.5. The fourth-order valence-corrected chi connectivity index (χ4v) is 8.20. The molecule has 0 bridgehead atoms. The Hall–Kier alpha value is -1.54. The van der Waals surface area contributed by atoms with Crippen LogP contribution in [0.25, 0.3) is 0 Å². The molecule has 0 aliphatic heterocycles. The van der Waals surface area contributed by atoms with Crippen LogP contribution in [-0.2, 0) is 18.4 Å². The molecule has 0 radical (unpaired) electrons. The Balaban J connectivity index is 3.97. The summed E-state index contributed by atoms with van der Waals surface area (Å²) in [5.74, 6) is -0.214. The van der Waals surface area contributed by atoms with E-state index in [4.69, 9.17) is 9.05 Å². The van der Waals surface area contributed by atoms with Gasteiger partial charge in [0.15, 0.2) is 0 Å². The fraction of sp³-hybridized carbons (Fsp3) is 0.830. The number of unbranched alkanes of at least 4 members (excludes halogenated alkanes) is 29. The van der Waals surface area contributed by atoms with E-state index in [1.165, 1.54) is 167 Å². The van der Waals surface area contributed by atoms with Gasteiger partial charge in [0.2, 0.25) is 5.91 Å². The van der Waals surface area contributed by atoms with Gasteiger partial charge in [0, 0.05) is 6.42 Å². The van der Waals surface area contributed by atoms with E-state index in [0.717, 1.165) is 44.9 Å². The molecule has 0 aromatic heterocycles. The SMILES string of the molecule is C/C=C/CC/C=C/CC/C=C/C(O)C(COP(=O)([O-])OCC[N+](C)(C)C)NC(=O)CCCCCCCCCCCCCCCCC/C=C\CCCCCCCCCCCCCC. The molecule has 0 fully saturated rings. The second-order valence-electron chi connectivity index (χ2n) is 18.9. The molecule has 1 amide bonds. The molecule has 62 heavy (non-hydrogen) atoms. The van der Waals surface area contributed by atoms with Gasteiger partial charge in [-0.05, 0) is 64.7 Å². The zero-order valence-electron chi connectivity index (χ0n) is 41.3. The minimum atomic E-state index is -4.60. The van der Waals surface area contributed by atoms with E-state index in [0.29, 0.717) is 17.4 Å². The molecule has 0 aliphatic rings. The lowest BCUT2D eigenvalue weighted by atomic mass is 10.0. The number of nitrogens with zero attached hydrogens (tertiary/aromatic N) is 1. The number of nitrogens with one attached hydrogen (secondary N) is 1. The second kappa shape index (κ2) is 44.7. The van der Waals surface area contributed by atoms with Crippen LogP contribution in [0.5, 0.6) is 0 Å². The van der Waals surface area contributed by atoms with Crippen LogP contribution in [0.2, 0.25) is 0 Å². The zero-order chi connectivity index (χ0) is 45.7. The van der Waals surface area contributed by atoms with Gasteiger partial charge in [-0.1, -0.05) is 210 Å². The molecule has 3 atom stereocenters. The van der Waals surface area contributed by atoms with Crippen molar-refractivity contribution in [2.45, 2.75) is 244 Å². The lowest BCUT2D eigenvalue weighted by Gasteiger charge is -2.29. The van der Waals surface area contributed by atoms with Crippen LogP contribution in [0.3, 0.4) is 0 Å². The molecule has 0 aliphatic carbocycles. The number of carbonyl (C=O) groups is 1. The van der Waals surface area contributed by atoms with E-state index in [9.17, 15) is 19.4 Å². The van der Waals surface area contributed by atoms with Crippen molar-refractivity contribution >= 4 is 13.7 Å². The molecule has 0 rings (SSSR count). The third kappa shape index (κ3) is 46.5. The highest BCUT2D eigenvalue weighted by molar-refractivity contribution is 7.45. The maximum atomic E-state index is 12.9. The van der Waals surface area contributed by atoms with Crippen LogP contribution in [0, 0.1) is 0 Å². The lowest BCUT2D eigenvalue weighted by Crippen LogP contribution is -2.45. The number of phosphoric acid groups is 1. The second-order valence-corrected chi connectivity index (χ2v) is 20.3. The van der Waals surface area contributed by atoms with Gasteiger partial charge in [-0.25, -0.2) is 0 Å². The number of hydrogen-bond acceptors (Lipinski definition) is 6. The first-order chi connectivity index (χ1) is 30.0. The Morgan fingerprint density at radius 1 is 0.581 bits per heavy atom. The summed E-state index contributed by atoms with van der Waals surface area (Å²) in [6, 6.07) is -0.907. The highest BCUT2D eigenvalue weighted by Crippen LogP contribution is 2.38. The van der Waals surface area contributed by atoms with E-state index in [-0.39, 0.29) is 12.5 Å². The average Bonchev–Trinajstić information content (AvgIpc) is 3.23. The third-order valence-corrected chi connectivity index (χ3v) is 12.5. The first-order valence-electron chi connectivity index (χ1n) is 26.0. The summed E-state index contributed by atoms with van der Waals surface area (Å²) in [5, 5.41) is 13.7. The number of phosphoric ester groups is 1. The van der Waals surface area contributed by atoms with Gasteiger partial charge in [0.25, 0.3) is 7.82 Å². The maximum Gasteiger partial charge on any atom is 0.268 e. The van der Waals surface area contributed by atoms with Crippen molar-refractivity contribution in [3.63, 3.8) is 0 Å². The van der Waals surface area contributed by atoms with Crippen LogP contribution in [0.15, 0.2) is 48.6 Å². The van der Waals surface area contributed by atoms with Crippen LogP contribution in [0.4, 0.5) is 0 Å². The predicted molar refractivity (Wildman–Crippen MR) is 265 cm³/mol. The van der Waals surface area contributed by atoms with Crippen molar-refractivity contribution in [3.05, 3.63) is 48.6 Å². The van der Waals surface area contributed by atoms with Crippen LogP contribution < -0.4 is 10.2 Å². The quantitative estimate of drug-likeness (QED) is 0.0273. The Morgan fingerprint density at radius 3 is 1.40 bits per heavy atom. The molecule has 8 nitrogen and oxygen atoms in total. The standard InChI is InChI=1S/C53H101N2O6P/c1-6-8-10-12-14-16-17-18-19-20-21-22-23-24-25-26-27-28-29-30-31-32-33-34-35-36-37-39-41-43-45-47-53(57)54-51(50-61-62(58,59)60-49-48-55(3,4)5)52(56)46-44-42-40-38-15-13-11-9-7-2/h7,9,15,24-25,38,44,46,51-52,56H,6,8,10-14,16-23,26-37,39-43,45,47-50H2,1-5H3,(H-,54,57,58,59)/b9-7+,25-24-,38-15+,46-44+. The molecule has 0 spiro atoms. The monoisotopic (exact) mass is 893 g/mol. The van der Waals surface area contributed by atoms with Gasteiger partial charge in [-0.15, -0.1) is 0 Å². The van der Waals surface area contributed by atoms with Crippen molar-refractivity contribution in [3.8, 4) is 0 Å². The minimum absolute atomic E-state index is 0.00965. The molecule has 0 saturated heterocycles. The highest BCUT2D eigenvalue weighted by atomic mass is 31.2. The molecule has 0 aromatic rings. The number of allylic oxidation sites excluding steroid dienone is 7. The van der Waals surface area contributed by atoms with Gasteiger partial charge >= 0.3 is 0 Å². The smallest absolute Gasteiger partial charge is 0.268 e. The number of quaternary nitrogens is 1. The zero-order valence-corrected chi connectivity index (χ0v) is 42.2. The Labute approximate surface area is 384 Å². The molecular weight excluding hydrogens is 792 g/mol. The number of amides is 1. The number of aliphatic hydroxyl groups is 1. The lowest BCUT2D eigenvalue weighted by molar-refractivity contribution is -0.870. The largest absolute Gasteiger partial charge is 0.756 e. The van der Waals surface area contributed by atoms with E-state index >= 15 is 0 Å². The number of rotatable bonds is 47. The van der Waals surface area contributed by atoms with E-state index in [1.807, 2.05) is 40.2 Å². The van der Waals surface area contributed by atoms with E-state index in [1.54, 1.807) is 6.08 Å². The average molecular weight is 893 g/mol. The first-order valence-corrected chi connectivity index (χ1v) is 27.4. The number of hydrogen-bond donors (Lipinski definition) is 2. The molecule has 2 N–H and O–H groups in total. The van der Waals surface area contributed by atoms with Gasteiger partial charge < -0.3 is 28.8 Å². The normalized spacial score (nSPS) is 14.5. The summed E-state index contributed by atoms with van der Waals surface area (Å²) < 4.78 is 23.1. The Bertz CT molecular complexity index is 1150. The number of aliphatic hydroxyl groups excluding tert-OH is 1. The molecule has 364 valence electrons. The summed E-state index contributed by atoms with van der Waals surface area (Å²) in [5.41, 5.74) is 0. The van der Waals surface area contributed by atoms with Gasteiger partial charge in [0.05, 0.1) is 39.9 Å². The Kier molecular flexibility index (Phi) is 43.5. The van der Waals surface area contributed by atoms with Crippen LogP contribution in [-0.4, -0.2) is 68.5 Å². The van der Waals surface area contributed by atoms with Crippen molar-refractivity contribution in [1.29, 1.82) is 0 Å². The maximum absolute atomic E-state index is 12.9. The molecule has 0 saturated carbocycles. The Morgan fingerprint density at radius 2 is 0.968 bits per heavy atom. The fourth-order valence-electron chi connectivity index (χ4n) is 7.48. The van der Waals surface area contributed by atoms with Crippen molar-refractivity contribution in [2.75, 3.05) is 40.9 Å². The van der Waals surface area contributed by atoms with Crippen molar-refractivity contribution in [1.82, 2.24) is 5.32 Å². The van der Waals surface area contributed by atoms with E-state index < -0.39 is 26.6 Å². The predicted octanol–water partition coefficient (Wildman–Crippen LogP) is 14.6. The highest BCUT2D eigenvalue weighted by Gasteiger charge is 2.23. The van der Waals surface area contributed by atoms with Gasteiger partial charge in [-0.2, -0.15) is 0 Å². The number of carbonyl (C=O) groups excluding carboxylic acids is 1. The van der Waals surface area contributed by atoms with E-state index in [2.05, 4.69) is 42.6 Å². The summed E-state index contributed by atoms with van der Waals surface area (Å²) in [6.45, 7) is 4.39. The summed E-state index contributed by atoms with van der Waals surface area (Å²) in [6.07, 6.45) is 58.0. The molecule has 9 heteroatoms. The topological polar surface area (TPSA) is 108 Å². The van der Waals surface area contributed by atoms with Crippen LogP contribution >= 0.6 is 7.82 Å². The van der Waals surface area contributed by atoms with Crippen molar-refractivity contribution < 1.29 is 32.9 Å². The summed E-state index contributed by atoms with van der Waals surface area (Å²) in [4.78, 5) is 25.3. The number of likely N-dealkylation sites (N-methyl/N-ethyl adjacent to an activating group) is 1. The molecule has 0 aromatic carbocycles.